The lowest BCUT2D eigenvalue weighted by molar-refractivity contribution is -0.132. The van der Waals surface area contributed by atoms with Crippen molar-refractivity contribution in [2.75, 3.05) is 38.2 Å². The Hall–Kier alpha value is -3.40. The quantitative estimate of drug-likeness (QED) is 0.448. The number of aromatic nitrogens is 4. The van der Waals surface area contributed by atoms with Crippen molar-refractivity contribution in [1.29, 1.82) is 0 Å². The number of aryl methyl sites for hydroxylation is 2. The number of piperazine rings is 1. The topological polar surface area (TPSA) is 85.0 Å². The number of carbonyl (C=O) groups excluding carboxylic acids is 1. The maximum atomic E-state index is 13.1. The first-order valence-corrected chi connectivity index (χ1v) is 12.5. The Balaban J connectivity index is 1.23. The number of benzene rings is 1. The Labute approximate surface area is 200 Å². The SMILES string of the molecule is COc1ccccc1N1CCN(C(=O)Cn2c(=O)nc3c4c5c(sc4ncn32)CCCC5)CC1. The number of hydrogen-bond acceptors (Lipinski definition) is 7. The normalized spacial score (nSPS) is 16.3. The first-order chi connectivity index (χ1) is 16.6. The van der Waals surface area contributed by atoms with Gasteiger partial charge in [-0.1, -0.05) is 12.1 Å². The maximum absolute atomic E-state index is 13.1. The molecule has 1 fully saturated rings. The van der Waals surface area contributed by atoms with E-state index >= 15 is 0 Å². The molecule has 0 bridgehead atoms. The Kier molecular flexibility index (Phi) is 5.24. The summed E-state index contributed by atoms with van der Waals surface area (Å²) in [6.45, 7) is 2.54. The van der Waals surface area contributed by atoms with E-state index in [1.165, 1.54) is 21.5 Å². The monoisotopic (exact) mass is 478 g/mol. The molecule has 1 aromatic carbocycles. The van der Waals surface area contributed by atoms with E-state index < -0.39 is 5.69 Å². The molecule has 2 aliphatic rings. The summed E-state index contributed by atoms with van der Waals surface area (Å²) in [5.74, 6) is 0.741. The fourth-order valence-corrected chi connectivity index (χ4v) is 6.36. The molecule has 4 heterocycles. The number of fused-ring (bicyclic) bond motifs is 5. The molecule has 0 unspecified atom stereocenters. The summed E-state index contributed by atoms with van der Waals surface area (Å²) < 4.78 is 8.55. The van der Waals surface area contributed by atoms with Gasteiger partial charge in [0.2, 0.25) is 5.91 Å². The molecule has 10 heteroatoms. The number of hydrogen-bond donors (Lipinski definition) is 0. The first kappa shape index (κ1) is 21.2. The maximum Gasteiger partial charge on any atom is 0.365 e. The molecule has 0 atom stereocenters. The molecule has 34 heavy (non-hydrogen) atoms. The van der Waals surface area contributed by atoms with Gasteiger partial charge < -0.3 is 14.5 Å². The van der Waals surface area contributed by atoms with Gasteiger partial charge in [-0.25, -0.2) is 19.0 Å². The van der Waals surface area contributed by atoms with Crippen LogP contribution in [0.15, 0.2) is 35.4 Å². The number of nitrogens with zero attached hydrogens (tertiary/aromatic N) is 6. The Bertz CT molecular complexity index is 1450. The number of para-hydroxylation sites is 2. The second-order valence-corrected chi connectivity index (χ2v) is 9.88. The summed E-state index contributed by atoms with van der Waals surface area (Å²) in [5.41, 5.74) is 2.51. The van der Waals surface area contributed by atoms with E-state index in [1.807, 2.05) is 29.2 Å². The number of anilines is 1. The van der Waals surface area contributed by atoms with E-state index in [1.54, 1.807) is 29.3 Å². The van der Waals surface area contributed by atoms with Crippen molar-refractivity contribution in [2.45, 2.75) is 32.2 Å². The predicted octanol–water partition coefficient (Wildman–Crippen LogP) is 2.34. The first-order valence-electron chi connectivity index (χ1n) is 11.7. The number of carbonyl (C=O) groups is 1. The van der Waals surface area contributed by atoms with Crippen LogP contribution in [0.3, 0.4) is 0 Å². The third-order valence-electron chi connectivity index (χ3n) is 6.90. The van der Waals surface area contributed by atoms with E-state index in [4.69, 9.17) is 4.74 Å². The van der Waals surface area contributed by atoms with Crippen molar-refractivity contribution >= 4 is 38.8 Å². The van der Waals surface area contributed by atoms with Crippen molar-refractivity contribution in [3.63, 3.8) is 0 Å². The highest BCUT2D eigenvalue weighted by atomic mass is 32.1. The molecule has 0 radical (unpaired) electrons. The standard InChI is InChI=1S/C24H26N6O3S/c1-33-18-8-4-3-7-17(18)27-10-12-28(13-11-27)20(31)14-29-24(32)26-22-21-16-6-2-5-9-19(16)34-23(21)25-15-30(22)29/h3-4,7-8,15H,2,5-6,9-14H2,1H3. The van der Waals surface area contributed by atoms with Crippen LogP contribution in [-0.4, -0.2) is 63.3 Å². The van der Waals surface area contributed by atoms with Crippen LogP contribution in [0.25, 0.3) is 15.9 Å². The molecule has 0 N–H and O–H groups in total. The minimum atomic E-state index is -0.411. The van der Waals surface area contributed by atoms with Gasteiger partial charge in [0, 0.05) is 31.1 Å². The van der Waals surface area contributed by atoms with Crippen molar-refractivity contribution in [3.05, 3.63) is 51.5 Å². The van der Waals surface area contributed by atoms with Gasteiger partial charge in [0.1, 0.15) is 23.5 Å². The summed E-state index contributed by atoms with van der Waals surface area (Å²) in [4.78, 5) is 41.2. The molecule has 1 aliphatic carbocycles. The van der Waals surface area contributed by atoms with Crippen molar-refractivity contribution < 1.29 is 9.53 Å². The predicted molar refractivity (Wildman–Crippen MR) is 131 cm³/mol. The highest BCUT2D eigenvalue weighted by Crippen LogP contribution is 2.36. The number of methoxy groups -OCH3 is 1. The van der Waals surface area contributed by atoms with Crippen LogP contribution in [-0.2, 0) is 24.2 Å². The average Bonchev–Trinajstić information content (AvgIpc) is 3.41. The molecule has 1 saturated heterocycles. The van der Waals surface area contributed by atoms with Crippen LogP contribution in [0.2, 0.25) is 0 Å². The lowest BCUT2D eigenvalue weighted by Gasteiger charge is -2.36. The summed E-state index contributed by atoms with van der Waals surface area (Å²) in [7, 11) is 1.67. The molecule has 3 aromatic heterocycles. The van der Waals surface area contributed by atoms with E-state index in [2.05, 4.69) is 14.9 Å². The second-order valence-electron chi connectivity index (χ2n) is 8.80. The number of amides is 1. The zero-order chi connectivity index (χ0) is 23.2. The summed E-state index contributed by atoms with van der Waals surface area (Å²) >= 11 is 1.70. The smallest absolute Gasteiger partial charge is 0.365 e. The van der Waals surface area contributed by atoms with Crippen LogP contribution in [0, 0.1) is 0 Å². The fourth-order valence-electron chi connectivity index (χ4n) is 5.13. The molecular weight excluding hydrogens is 452 g/mol. The van der Waals surface area contributed by atoms with Gasteiger partial charge in [0.15, 0.2) is 5.65 Å². The van der Waals surface area contributed by atoms with E-state index in [9.17, 15) is 9.59 Å². The van der Waals surface area contributed by atoms with Crippen molar-refractivity contribution in [3.8, 4) is 5.75 Å². The molecule has 6 rings (SSSR count). The van der Waals surface area contributed by atoms with Crippen LogP contribution < -0.4 is 15.3 Å². The van der Waals surface area contributed by atoms with Crippen LogP contribution in [0.1, 0.15) is 23.3 Å². The average molecular weight is 479 g/mol. The van der Waals surface area contributed by atoms with Crippen molar-refractivity contribution in [1.82, 2.24) is 24.1 Å². The van der Waals surface area contributed by atoms with Gasteiger partial charge in [-0.05, 0) is 43.4 Å². The Morgan fingerprint density at radius 3 is 2.74 bits per heavy atom. The highest BCUT2D eigenvalue weighted by Gasteiger charge is 2.25. The van der Waals surface area contributed by atoms with Crippen molar-refractivity contribution in [2.24, 2.45) is 0 Å². The summed E-state index contributed by atoms with van der Waals surface area (Å²) in [5, 5.41) is 0.982. The van der Waals surface area contributed by atoms with Gasteiger partial charge in [-0.2, -0.15) is 4.98 Å². The number of ether oxygens (including phenoxy) is 1. The number of thiophene rings is 1. The van der Waals surface area contributed by atoms with Gasteiger partial charge in [-0.3, -0.25) is 4.79 Å². The third-order valence-corrected chi connectivity index (χ3v) is 8.10. The van der Waals surface area contributed by atoms with Gasteiger partial charge >= 0.3 is 5.69 Å². The molecule has 176 valence electrons. The molecular formula is C24H26N6O3S. The second kappa shape index (κ2) is 8.43. The van der Waals surface area contributed by atoms with Crippen LogP contribution in [0.4, 0.5) is 5.69 Å². The van der Waals surface area contributed by atoms with Gasteiger partial charge in [0.05, 0.1) is 18.2 Å². The van der Waals surface area contributed by atoms with E-state index in [-0.39, 0.29) is 12.5 Å². The largest absolute Gasteiger partial charge is 0.495 e. The summed E-state index contributed by atoms with van der Waals surface area (Å²) in [6, 6.07) is 7.91. The molecule has 0 spiro atoms. The highest BCUT2D eigenvalue weighted by molar-refractivity contribution is 7.19. The van der Waals surface area contributed by atoms with E-state index in [0.717, 1.165) is 40.9 Å². The molecule has 0 saturated carbocycles. The molecule has 4 aromatic rings. The minimum absolute atomic E-state index is 0.0474. The fraction of sp³-hybridized carbons (Fsp3) is 0.417. The van der Waals surface area contributed by atoms with Crippen LogP contribution in [0.5, 0.6) is 5.75 Å². The lowest BCUT2D eigenvalue weighted by atomic mass is 9.97. The third kappa shape index (κ3) is 3.44. The van der Waals surface area contributed by atoms with Gasteiger partial charge in [-0.15, -0.1) is 11.3 Å². The minimum Gasteiger partial charge on any atom is -0.495 e. The summed E-state index contributed by atoms with van der Waals surface area (Å²) in [6.07, 6.45) is 6.02. The Morgan fingerprint density at radius 2 is 1.91 bits per heavy atom. The van der Waals surface area contributed by atoms with E-state index in [0.29, 0.717) is 31.8 Å². The molecule has 1 amide bonds. The molecule has 9 nitrogen and oxygen atoms in total. The lowest BCUT2D eigenvalue weighted by Crippen LogP contribution is -2.50. The number of rotatable bonds is 4. The zero-order valence-corrected chi connectivity index (χ0v) is 19.9. The molecule has 1 aliphatic heterocycles. The zero-order valence-electron chi connectivity index (χ0n) is 19.1. The Morgan fingerprint density at radius 1 is 1.12 bits per heavy atom. The van der Waals surface area contributed by atoms with Crippen LogP contribution >= 0.6 is 11.3 Å². The van der Waals surface area contributed by atoms with Gasteiger partial charge in [0.25, 0.3) is 0 Å².